The molecular weight excluding hydrogens is 294 g/mol. The summed E-state index contributed by atoms with van der Waals surface area (Å²) in [6, 6.07) is 11.8. The van der Waals surface area contributed by atoms with E-state index in [2.05, 4.69) is 0 Å². The molecule has 0 unspecified atom stereocenters. The Balaban J connectivity index is 1.67. The molecule has 0 N–H and O–H groups in total. The van der Waals surface area contributed by atoms with Crippen LogP contribution in [-0.4, -0.2) is 16.6 Å². The van der Waals surface area contributed by atoms with Crippen LogP contribution in [0.1, 0.15) is 12.0 Å². The zero-order chi connectivity index (χ0) is 15.1. The summed E-state index contributed by atoms with van der Waals surface area (Å²) in [5.74, 6) is 0.927. The van der Waals surface area contributed by atoms with Gasteiger partial charge in [-0.2, -0.15) is 0 Å². The van der Waals surface area contributed by atoms with E-state index < -0.39 is 10.8 Å². The number of benzene rings is 2. The van der Waals surface area contributed by atoms with Gasteiger partial charge in [0.05, 0.1) is 6.61 Å². The smallest absolute Gasteiger partial charge is 0.123 e. The van der Waals surface area contributed by atoms with Crippen molar-refractivity contribution in [3.63, 3.8) is 0 Å². The first-order chi connectivity index (χ1) is 10.1. The second-order valence-corrected chi connectivity index (χ2v) is 6.15. The molecule has 0 aliphatic heterocycles. The van der Waals surface area contributed by atoms with Crippen molar-refractivity contribution >= 4 is 10.8 Å². The SMILES string of the molecule is O=[S@@](CCCOc1ccc(F)cc1)Cc1ccc(F)cc1. The third-order valence-electron chi connectivity index (χ3n) is 2.84. The van der Waals surface area contributed by atoms with E-state index in [-0.39, 0.29) is 11.6 Å². The Morgan fingerprint density at radius 3 is 2.10 bits per heavy atom. The second-order valence-electron chi connectivity index (χ2n) is 4.57. The molecule has 0 aliphatic rings. The van der Waals surface area contributed by atoms with E-state index in [1.165, 1.54) is 24.3 Å². The number of rotatable bonds is 7. The first-order valence-corrected chi connectivity index (χ1v) is 8.10. The lowest BCUT2D eigenvalue weighted by Gasteiger charge is -2.06. The summed E-state index contributed by atoms with van der Waals surface area (Å²) in [6.45, 7) is 0.431. The topological polar surface area (TPSA) is 26.3 Å². The highest BCUT2D eigenvalue weighted by Gasteiger charge is 2.03. The molecule has 2 rings (SSSR count). The van der Waals surface area contributed by atoms with Crippen molar-refractivity contribution in [2.75, 3.05) is 12.4 Å². The van der Waals surface area contributed by atoms with Crippen molar-refractivity contribution in [2.24, 2.45) is 0 Å². The van der Waals surface area contributed by atoms with Gasteiger partial charge in [-0.1, -0.05) is 12.1 Å². The van der Waals surface area contributed by atoms with Gasteiger partial charge in [0, 0.05) is 22.3 Å². The van der Waals surface area contributed by atoms with Crippen molar-refractivity contribution < 1.29 is 17.7 Å². The molecule has 1 atom stereocenters. The normalized spacial score (nSPS) is 12.1. The molecule has 0 aromatic heterocycles. The van der Waals surface area contributed by atoms with Gasteiger partial charge >= 0.3 is 0 Å². The second kappa shape index (κ2) is 7.88. The van der Waals surface area contributed by atoms with Crippen LogP contribution in [0.15, 0.2) is 48.5 Å². The van der Waals surface area contributed by atoms with E-state index in [4.69, 9.17) is 4.74 Å². The van der Waals surface area contributed by atoms with Crippen LogP contribution in [0.3, 0.4) is 0 Å². The Labute approximate surface area is 125 Å². The van der Waals surface area contributed by atoms with Crippen molar-refractivity contribution in [3.05, 3.63) is 65.7 Å². The average Bonchev–Trinajstić information content (AvgIpc) is 2.48. The van der Waals surface area contributed by atoms with Crippen LogP contribution in [0.2, 0.25) is 0 Å². The van der Waals surface area contributed by atoms with Gasteiger partial charge in [-0.15, -0.1) is 0 Å². The Hall–Kier alpha value is -1.75. The zero-order valence-electron chi connectivity index (χ0n) is 11.4. The zero-order valence-corrected chi connectivity index (χ0v) is 12.2. The molecule has 0 fully saturated rings. The van der Waals surface area contributed by atoms with Gasteiger partial charge in [-0.05, 0) is 48.4 Å². The molecule has 0 saturated carbocycles. The lowest BCUT2D eigenvalue weighted by atomic mass is 10.2. The van der Waals surface area contributed by atoms with Gasteiger partial charge in [0.2, 0.25) is 0 Å². The molecular formula is C16H16F2O2S. The van der Waals surface area contributed by atoms with Gasteiger partial charge in [0.25, 0.3) is 0 Å². The van der Waals surface area contributed by atoms with Crippen LogP contribution in [0, 0.1) is 11.6 Å². The number of ether oxygens (including phenoxy) is 1. The maximum absolute atomic E-state index is 12.7. The molecule has 2 nitrogen and oxygen atoms in total. The fourth-order valence-electron chi connectivity index (χ4n) is 1.78. The minimum Gasteiger partial charge on any atom is -0.494 e. The molecule has 0 heterocycles. The van der Waals surface area contributed by atoms with Gasteiger partial charge < -0.3 is 4.74 Å². The van der Waals surface area contributed by atoms with Gasteiger partial charge in [0.1, 0.15) is 17.4 Å². The predicted molar refractivity (Wildman–Crippen MR) is 79.6 cm³/mol. The molecule has 0 radical (unpaired) electrons. The summed E-state index contributed by atoms with van der Waals surface area (Å²) in [5, 5.41) is 0. The van der Waals surface area contributed by atoms with E-state index in [1.807, 2.05) is 0 Å². The highest BCUT2D eigenvalue weighted by Crippen LogP contribution is 2.11. The van der Waals surface area contributed by atoms with Crippen LogP contribution < -0.4 is 4.74 Å². The van der Waals surface area contributed by atoms with E-state index in [9.17, 15) is 13.0 Å². The lowest BCUT2D eigenvalue weighted by molar-refractivity contribution is 0.318. The van der Waals surface area contributed by atoms with Crippen LogP contribution >= 0.6 is 0 Å². The molecule has 5 heteroatoms. The van der Waals surface area contributed by atoms with Crippen LogP contribution in [0.25, 0.3) is 0 Å². The summed E-state index contributed by atoms with van der Waals surface area (Å²) in [7, 11) is -1.00. The summed E-state index contributed by atoms with van der Waals surface area (Å²) in [4.78, 5) is 0. The van der Waals surface area contributed by atoms with Gasteiger partial charge in [-0.25, -0.2) is 8.78 Å². The summed E-state index contributed by atoms with van der Waals surface area (Å²) < 4.78 is 42.7. The molecule has 0 saturated heterocycles. The molecule has 0 amide bonds. The summed E-state index contributed by atoms with van der Waals surface area (Å²) in [6.07, 6.45) is 0.644. The summed E-state index contributed by atoms with van der Waals surface area (Å²) in [5.41, 5.74) is 0.856. The predicted octanol–water partition coefficient (Wildman–Crippen LogP) is 3.68. The molecule has 2 aromatic rings. The number of hydrogen-bond acceptors (Lipinski definition) is 2. The lowest BCUT2D eigenvalue weighted by Crippen LogP contribution is -2.06. The monoisotopic (exact) mass is 310 g/mol. The Kier molecular flexibility index (Phi) is 5.87. The Bertz CT molecular complexity index is 582. The first-order valence-electron chi connectivity index (χ1n) is 6.61. The third kappa shape index (κ3) is 5.63. The van der Waals surface area contributed by atoms with Crippen LogP contribution in [0.5, 0.6) is 5.75 Å². The molecule has 112 valence electrons. The Morgan fingerprint density at radius 1 is 0.905 bits per heavy atom. The van der Waals surface area contributed by atoms with E-state index in [0.29, 0.717) is 30.3 Å². The van der Waals surface area contributed by atoms with E-state index in [0.717, 1.165) is 5.56 Å². The summed E-state index contributed by atoms with van der Waals surface area (Å²) >= 11 is 0. The molecule has 2 aromatic carbocycles. The van der Waals surface area contributed by atoms with Gasteiger partial charge in [0.15, 0.2) is 0 Å². The quantitative estimate of drug-likeness (QED) is 0.729. The van der Waals surface area contributed by atoms with E-state index >= 15 is 0 Å². The van der Waals surface area contributed by atoms with Crippen LogP contribution in [0.4, 0.5) is 8.78 Å². The van der Waals surface area contributed by atoms with Crippen molar-refractivity contribution in [1.29, 1.82) is 0 Å². The highest BCUT2D eigenvalue weighted by atomic mass is 32.2. The van der Waals surface area contributed by atoms with E-state index in [1.54, 1.807) is 24.3 Å². The maximum atomic E-state index is 12.7. The van der Waals surface area contributed by atoms with Crippen molar-refractivity contribution in [1.82, 2.24) is 0 Å². The minimum absolute atomic E-state index is 0.294. The highest BCUT2D eigenvalue weighted by molar-refractivity contribution is 7.84. The molecule has 0 bridgehead atoms. The van der Waals surface area contributed by atoms with Crippen LogP contribution in [-0.2, 0) is 16.6 Å². The number of halogens is 2. The molecule has 0 aliphatic carbocycles. The van der Waals surface area contributed by atoms with Crippen molar-refractivity contribution in [3.8, 4) is 5.75 Å². The molecule has 0 spiro atoms. The number of hydrogen-bond donors (Lipinski definition) is 0. The average molecular weight is 310 g/mol. The minimum atomic E-state index is -1.00. The maximum Gasteiger partial charge on any atom is 0.123 e. The van der Waals surface area contributed by atoms with Gasteiger partial charge in [-0.3, -0.25) is 4.21 Å². The largest absolute Gasteiger partial charge is 0.494 e. The van der Waals surface area contributed by atoms with Crippen molar-refractivity contribution in [2.45, 2.75) is 12.2 Å². The first kappa shape index (κ1) is 15.6. The standard InChI is InChI=1S/C16H16F2O2S/c17-14-4-2-13(3-5-14)12-21(19)11-1-10-20-16-8-6-15(18)7-9-16/h2-9H,1,10-12H2/t21-/m0/s1. The molecule has 21 heavy (non-hydrogen) atoms. The Morgan fingerprint density at radius 2 is 1.48 bits per heavy atom. The third-order valence-corrected chi connectivity index (χ3v) is 4.24. The fourth-order valence-corrected chi connectivity index (χ4v) is 2.93. The fraction of sp³-hybridized carbons (Fsp3) is 0.250.